The van der Waals surface area contributed by atoms with Gasteiger partial charge < -0.3 is 9.64 Å². The molecule has 0 bridgehead atoms. The third kappa shape index (κ3) is 5.97. The number of amides is 1. The molecule has 0 aliphatic carbocycles. The highest BCUT2D eigenvalue weighted by Crippen LogP contribution is 2.24. The van der Waals surface area contributed by atoms with E-state index in [0.29, 0.717) is 30.2 Å². The van der Waals surface area contributed by atoms with Crippen molar-refractivity contribution >= 4 is 27.3 Å². The van der Waals surface area contributed by atoms with Crippen LogP contribution in [0.3, 0.4) is 0 Å². The van der Waals surface area contributed by atoms with Crippen LogP contribution < -0.4 is 4.74 Å². The lowest BCUT2D eigenvalue weighted by molar-refractivity contribution is 0.0681. The highest BCUT2D eigenvalue weighted by atomic mass is 35.5. The van der Waals surface area contributed by atoms with Crippen LogP contribution in [0.25, 0.3) is 0 Å². The van der Waals surface area contributed by atoms with Crippen LogP contribution in [0.4, 0.5) is 0 Å². The fraction of sp³-hybridized carbons (Fsp3) is 0.409. The van der Waals surface area contributed by atoms with Crippen molar-refractivity contribution in [2.45, 2.75) is 38.8 Å². The summed E-state index contributed by atoms with van der Waals surface area (Å²) < 4.78 is 29.7. The number of halogens is 1. The number of rotatable bonds is 8. The van der Waals surface area contributed by atoms with Crippen molar-refractivity contribution < 1.29 is 17.9 Å². The summed E-state index contributed by atoms with van der Waals surface area (Å²) >= 11 is 5.96. The van der Waals surface area contributed by atoms with E-state index < -0.39 is 9.84 Å². The summed E-state index contributed by atoms with van der Waals surface area (Å²) in [5.74, 6) is 0.668. The second-order valence-corrected chi connectivity index (χ2v) is 10.0. The van der Waals surface area contributed by atoms with Crippen molar-refractivity contribution in [3.8, 4) is 5.75 Å². The maximum atomic E-state index is 13.3. The maximum absolute atomic E-state index is 13.3. The molecule has 1 heterocycles. The number of ether oxygens (including phenoxy) is 1. The van der Waals surface area contributed by atoms with Gasteiger partial charge in [0.1, 0.15) is 5.75 Å². The van der Waals surface area contributed by atoms with E-state index in [1.54, 1.807) is 41.3 Å². The SMILES string of the molecule is CCCCOc1ccc(C(=O)N(Cc2ccc(Cl)cc2)C2CCS(=O)(=O)C2)cc1. The molecular formula is C22H26ClNO4S. The molecule has 0 saturated carbocycles. The Kier molecular flexibility index (Phi) is 7.19. The molecule has 1 aliphatic rings. The van der Waals surface area contributed by atoms with Crippen molar-refractivity contribution in [1.29, 1.82) is 0 Å². The van der Waals surface area contributed by atoms with Crippen LogP contribution in [0.2, 0.25) is 5.02 Å². The predicted octanol–water partition coefficient (Wildman–Crippen LogP) is 4.35. The number of nitrogens with zero attached hydrogens (tertiary/aromatic N) is 1. The minimum absolute atomic E-state index is 0.00451. The van der Waals surface area contributed by atoms with Gasteiger partial charge in [0.05, 0.1) is 18.1 Å². The zero-order valence-electron chi connectivity index (χ0n) is 16.5. The van der Waals surface area contributed by atoms with E-state index in [2.05, 4.69) is 6.92 Å². The van der Waals surface area contributed by atoms with Gasteiger partial charge in [-0.2, -0.15) is 0 Å². The van der Waals surface area contributed by atoms with E-state index in [9.17, 15) is 13.2 Å². The van der Waals surface area contributed by atoms with Gasteiger partial charge in [0, 0.05) is 23.2 Å². The molecule has 1 atom stereocenters. The van der Waals surface area contributed by atoms with E-state index in [4.69, 9.17) is 16.3 Å². The van der Waals surface area contributed by atoms with E-state index in [-0.39, 0.29) is 23.5 Å². The second kappa shape index (κ2) is 9.63. The lowest BCUT2D eigenvalue weighted by Gasteiger charge is -2.28. The van der Waals surface area contributed by atoms with Crippen LogP contribution in [0.15, 0.2) is 48.5 Å². The number of hydrogen-bond acceptors (Lipinski definition) is 4. The Morgan fingerprint density at radius 2 is 1.83 bits per heavy atom. The lowest BCUT2D eigenvalue weighted by atomic mass is 10.1. The molecule has 1 aliphatic heterocycles. The molecule has 156 valence electrons. The van der Waals surface area contributed by atoms with Crippen molar-refractivity contribution in [3.63, 3.8) is 0 Å². The fourth-order valence-electron chi connectivity index (χ4n) is 3.37. The molecule has 5 nitrogen and oxygen atoms in total. The number of sulfone groups is 1. The molecule has 0 N–H and O–H groups in total. The van der Waals surface area contributed by atoms with Crippen LogP contribution in [0.5, 0.6) is 5.75 Å². The number of benzene rings is 2. The molecule has 0 spiro atoms. The van der Waals surface area contributed by atoms with Crippen molar-refractivity contribution in [2.75, 3.05) is 18.1 Å². The monoisotopic (exact) mass is 435 g/mol. The summed E-state index contributed by atoms with van der Waals surface area (Å²) in [5, 5.41) is 0.619. The van der Waals surface area contributed by atoms with Gasteiger partial charge in [-0.25, -0.2) is 8.42 Å². The summed E-state index contributed by atoms with van der Waals surface area (Å²) in [6, 6.07) is 14.0. The first-order valence-electron chi connectivity index (χ1n) is 9.86. The van der Waals surface area contributed by atoms with Gasteiger partial charge in [0.15, 0.2) is 9.84 Å². The van der Waals surface area contributed by atoms with Gasteiger partial charge in [0.2, 0.25) is 0 Å². The third-order valence-electron chi connectivity index (χ3n) is 5.04. The normalized spacial score (nSPS) is 17.8. The molecule has 7 heteroatoms. The molecule has 2 aromatic rings. The molecule has 1 saturated heterocycles. The summed E-state index contributed by atoms with van der Waals surface area (Å²) in [5.41, 5.74) is 1.43. The summed E-state index contributed by atoms with van der Waals surface area (Å²) in [6.07, 6.45) is 2.49. The molecule has 0 aromatic heterocycles. The first-order chi connectivity index (χ1) is 13.9. The highest BCUT2D eigenvalue weighted by molar-refractivity contribution is 7.91. The van der Waals surface area contributed by atoms with Gasteiger partial charge in [-0.3, -0.25) is 4.79 Å². The van der Waals surface area contributed by atoms with Gasteiger partial charge in [0.25, 0.3) is 5.91 Å². The first-order valence-corrected chi connectivity index (χ1v) is 12.1. The van der Waals surface area contributed by atoms with E-state index in [1.165, 1.54) is 0 Å². The molecule has 1 unspecified atom stereocenters. The Hall–Kier alpha value is -2.05. The Bertz CT molecular complexity index is 926. The Morgan fingerprint density at radius 1 is 1.14 bits per heavy atom. The van der Waals surface area contributed by atoms with Crippen molar-refractivity contribution in [2.24, 2.45) is 0 Å². The van der Waals surface area contributed by atoms with Crippen LogP contribution in [-0.4, -0.2) is 43.4 Å². The minimum Gasteiger partial charge on any atom is -0.494 e. The average molecular weight is 436 g/mol. The second-order valence-electron chi connectivity index (χ2n) is 7.34. The molecule has 1 fully saturated rings. The smallest absolute Gasteiger partial charge is 0.254 e. The number of unbranched alkanes of at least 4 members (excludes halogenated alkanes) is 1. The molecule has 3 rings (SSSR count). The summed E-state index contributed by atoms with van der Waals surface area (Å²) in [7, 11) is -3.11. The molecular weight excluding hydrogens is 410 g/mol. The Morgan fingerprint density at radius 3 is 2.41 bits per heavy atom. The number of hydrogen-bond donors (Lipinski definition) is 0. The van der Waals surface area contributed by atoms with E-state index in [1.807, 2.05) is 12.1 Å². The maximum Gasteiger partial charge on any atom is 0.254 e. The largest absolute Gasteiger partial charge is 0.494 e. The quantitative estimate of drug-likeness (QED) is 0.578. The zero-order chi connectivity index (χ0) is 20.9. The molecule has 2 aromatic carbocycles. The first kappa shape index (κ1) is 21.7. The van der Waals surface area contributed by atoms with Crippen LogP contribution >= 0.6 is 11.6 Å². The van der Waals surface area contributed by atoms with Crippen molar-refractivity contribution in [1.82, 2.24) is 4.90 Å². The molecule has 0 radical (unpaired) electrons. The van der Waals surface area contributed by atoms with Crippen LogP contribution in [-0.2, 0) is 16.4 Å². The minimum atomic E-state index is -3.11. The van der Waals surface area contributed by atoms with Crippen LogP contribution in [0.1, 0.15) is 42.1 Å². The number of carbonyl (C=O) groups is 1. The van der Waals surface area contributed by atoms with Gasteiger partial charge in [-0.05, 0) is 54.8 Å². The third-order valence-corrected chi connectivity index (χ3v) is 7.05. The fourth-order valence-corrected chi connectivity index (χ4v) is 5.23. The topological polar surface area (TPSA) is 63.7 Å². The average Bonchev–Trinajstić information content (AvgIpc) is 3.07. The predicted molar refractivity (Wildman–Crippen MR) is 115 cm³/mol. The lowest BCUT2D eigenvalue weighted by Crippen LogP contribution is -2.40. The van der Waals surface area contributed by atoms with Crippen molar-refractivity contribution in [3.05, 3.63) is 64.7 Å². The number of carbonyl (C=O) groups excluding carboxylic acids is 1. The van der Waals surface area contributed by atoms with Gasteiger partial charge >= 0.3 is 0 Å². The molecule has 29 heavy (non-hydrogen) atoms. The Labute approximate surface area is 177 Å². The summed E-state index contributed by atoms with van der Waals surface area (Å²) in [6.45, 7) is 3.08. The zero-order valence-corrected chi connectivity index (χ0v) is 18.1. The standard InChI is InChI=1S/C22H26ClNO4S/c1-2-3-13-28-21-10-6-18(7-11-21)22(25)24(20-12-14-29(26,27)16-20)15-17-4-8-19(23)9-5-17/h4-11,20H,2-3,12-16H2,1H3. The van der Waals surface area contributed by atoms with E-state index >= 15 is 0 Å². The van der Waals surface area contributed by atoms with Crippen LogP contribution in [0, 0.1) is 0 Å². The highest BCUT2D eigenvalue weighted by Gasteiger charge is 2.35. The van der Waals surface area contributed by atoms with E-state index in [0.717, 1.165) is 24.2 Å². The Balaban J connectivity index is 1.79. The van der Waals surface area contributed by atoms with Gasteiger partial charge in [-0.15, -0.1) is 0 Å². The summed E-state index contributed by atoms with van der Waals surface area (Å²) in [4.78, 5) is 14.9. The van der Waals surface area contributed by atoms with Gasteiger partial charge in [-0.1, -0.05) is 37.1 Å². The molecule has 1 amide bonds.